The van der Waals surface area contributed by atoms with Gasteiger partial charge in [0.05, 0.1) is 18.3 Å². The number of aromatic nitrogens is 4. The van der Waals surface area contributed by atoms with Crippen LogP contribution in [0.15, 0.2) is 83.5 Å². The van der Waals surface area contributed by atoms with Crippen LogP contribution >= 0.6 is 11.3 Å². The zero-order valence-corrected chi connectivity index (χ0v) is 20.2. The number of carbonyl (C=O) groups is 1. The molecule has 0 aliphatic carbocycles. The lowest BCUT2D eigenvalue weighted by Crippen LogP contribution is -2.27. The highest BCUT2D eigenvalue weighted by atomic mass is 32.1. The molecule has 0 spiro atoms. The van der Waals surface area contributed by atoms with Crippen molar-refractivity contribution in [3.8, 4) is 11.1 Å². The first-order valence-electron chi connectivity index (χ1n) is 11.4. The number of fused-ring (bicyclic) bond motifs is 1. The number of benzene rings is 2. The fourth-order valence-corrected chi connectivity index (χ4v) is 4.83. The number of carbonyl (C=O) groups excluding carboxylic acids is 1. The molecular weight excluding hydrogens is 458 g/mol. The summed E-state index contributed by atoms with van der Waals surface area (Å²) in [6.45, 7) is 3.46. The van der Waals surface area contributed by atoms with Gasteiger partial charge in [0.25, 0.3) is 5.56 Å². The molecule has 8 heteroatoms. The molecule has 1 N–H and O–H groups in total. The Morgan fingerprint density at radius 1 is 1.06 bits per heavy atom. The van der Waals surface area contributed by atoms with Crippen molar-refractivity contribution in [2.75, 3.05) is 0 Å². The minimum absolute atomic E-state index is 0.110. The van der Waals surface area contributed by atoms with Crippen molar-refractivity contribution >= 4 is 27.5 Å². The van der Waals surface area contributed by atoms with Gasteiger partial charge in [-0.05, 0) is 29.7 Å². The summed E-state index contributed by atoms with van der Waals surface area (Å²) in [5, 5.41) is 9.73. The predicted molar refractivity (Wildman–Crippen MR) is 138 cm³/mol. The van der Waals surface area contributed by atoms with Gasteiger partial charge in [0.15, 0.2) is 0 Å². The molecule has 0 radical (unpaired) electrons. The van der Waals surface area contributed by atoms with Gasteiger partial charge in [0, 0.05) is 42.8 Å². The lowest BCUT2D eigenvalue weighted by Gasteiger charge is -2.09. The fraction of sp³-hybridized carbons (Fsp3) is 0.185. The number of thiophene rings is 1. The molecule has 0 aliphatic heterocycles. The smallest absolute Gasteiger partial charge is 0.262 e. The van der Waals surface area contributed by atoms with Crippen molar-refractivity contribution < 1.29 is 4.79 Å². The molecule has 176 valence electrons. The minimum atomic E-state index is -0.118. The second-order valence-electron chi connectivity index (χ2n) is 8.49. The van der Waals surface area contributed by atoms with Crippen LogP contribution in [-0.4, -0.2) is 25.2 Å². The van der Waals surface area contributed by atoms with Gasteiger partial charge in [-0.1, -0.05) is 54.1 Å². The molecule has 3 heterocycles. The topological polar surface area (TPSA) is 81.8 Å². The highest BCUT2D eigenvalue weighted by Crippen LogP contribution is 2.30. The third-order valence-electron chi connectivity index (χ3n) is 5.92. The molecular formula is C27H25N5O2S. The van der Waals surface area contributed by atoms with Gasteiger partial charge in [0.1, 0.15) is 4.83 Å². The Morgan fingerprint density at radius 2 is 1.83 bits per heavy atom. The van der Waals surface area contributed by atoms with Crippen molar-refractivity contribution in [3.63, 3.8) is 0 Å². The van der Waals surface area contributed by atoms with Gasteiger partial charge in [-0.25, -0.2) is 4.98 Å². The maximum absolute atomic E-state index is 13.2. The van der Waals surface area contributed by atoms with Crippen molar-refractivity contribution in [1.29, 1.82) is 0 Å². The second-order valence-corrected chi connectivity index (χ2v) is 9.34. The summed E-state index contributed by atoms with van der Waals surface area (Å²) in [6.07, 6.45) is 5.42. The van der Waals surface area contributed by atoms with E-state index in [1.165, 1.54) is 27.8 Å². The molecule has 5 rings (SSSR count). The number of aryl methyl sites for hydroxylation is 2. The molecule has 7 nitrogen and oxygen atoms in total. The number of hydrogen-bond donors (Lipinski definition) is 1. The van der Waals surface area contributed by atoms with E-state index >= 15 is 0 Å². The summed E-state index contributed by atoms with van der Waals surface area (Å²) in [5.74, 6) is -0.110. The van der Waals surface area contributed by atoms with Crippen LogP contribution in [0.2, 0.25) is 0 Å². The summed E-state index contributed by atoms with van der Waals surface area (Å²) in [7, 11) is 0. The summed E-state index contributed by atoms with van der Waals surface area (Å²) in [4.78, 5) is 30.8. The Kier molecular flexibility index (Phi) is 6.54. The number of nitrogens with one attached hydrogen (secondary N) is 1. The maximum Gasteiger partial charge on any atom is 0.262 e. The first-order chi connectivity index (χ1) is 17.1. The molecule has 0 aliphatic rings. The zero-order chi connectivity index (χ0) is 24.2. The summed E-state index contributed by atoms with van der Waals surface area (Å²) < 4.78 is 3.39. The molecule has 0 saturated carbocycles. The van der Waals surface area contributed by atoms with E-state index in [4.69, 9.17) is 0 Å². The average Bonchev–Trinajstić information content (AvgIpc) is 3.54. The molecule has 2 aromatic carbocycles. The zero-order valence-electron chi connectivity index (χ0n) is 19.3. The summed E-state index contributed by atoms with van der Waals surface area (Å²) in [6, 6.07) is 18.1. The van der Waals surface area contributed by atoms with Gasteiger partial charge < -0.3 is 5.32 Å². The third-order valence-corrected chi connectivity index (χ3v) is 6.81. The lowest BCUT2D eigenvalue weighted by molar-refractivity contribution is -0.121. The largest absolute Gasteiger partial charge is 0.352 e. The van der Waals surface area contributed by atoms with E-state index in [1.807, 2.05) is 77.8 Å². The fourth-order valence-electron chi connectivity index (χ4n) is 3.93. The number of rotatable bonds is 8. The molecule has 1 amide bonds. The molecule has 5 aromatic rings. The standard InChI is InChI=1S/C27H25N5O2S/c1-19-3-9-22(10-4-19)23-17-35-26-25(23)27(34)31(18-29-26)14-11-24(33)28-15-20-5-7-21(8-6-20)16-32-13-2-12-30-32/h2-10,12-13,17-18H,11,14-16H2,1H3,(H,28,33). The number of nitrogens with zero attached hydrogens (tertiary/aromatic N) is 4. The Hall–Kier alpha value is -4.04. The highest BCUT2D eigenvalue weighted by Gasteiger charge is 2.14. The van der Waals surface area contributed by atoms with E-state index in [-0.39, 0.29) is 24.4 Å². The predicted octanol–water partition coefficient (Wildman–Crippen LogP) is 4.38. The molecule has 0 fully saturated rings. The molecule has 0 bridgehead atoms. The van der Waals surface area contributed by atoms with Crippen LogP contribution in [0.5, 0.6) is 0 Å². The maximum atomic E-state index is 13.2. The second kappa shape index (κ2) is 10.1. The molecule has 35 heavy (non-hydrogen) atoms. The monoisotopic (exact) mass is 483 g/mol. The number of amides is 1. The number of hydrogen-bond acceptors (Lipinski definition) is 5. The van der Waals surface area contributed by atoms with Crippen LogP contribution in [0, 0.1) is 6.92 Å². The lowest BCUT2D eigenvalue weighted by atomic mass is 10.1. The molecule has 0 saturated heterocycles. The van der Waals surface area contributed by atoms with Crippen molar-refractivity contribution in [2.45, 2.75) is 33.0 Å². The van der Waals surface area contributed by atoms with Crippen LogP contribution < -0.4 is 10.9 Å². The first-order valence-corrected chi connectivity index (χ1v) is 12.3. The molecule has 0 unspecified atom stereocenters. The van der Waals surface area contributed by atoms with Crippen molar-refractivity contribution in [3.05, 3.63) is 106 Å². The summed E-state index contributed by atoms with van der Waals surface area (Å²) >= 11 is 1.46. The Balaban J connectivity index is 1.20. The van der Waals surface area contributed by atoms with Crippen LogP contribution in [-0.2, 0) is 24.4 Å². The van der Waals surface area contributed by atoms with E-state index in [2.05, 4.69) is 15.4 Å². The van der Waals surface area contributed by atoms with E-state index < -0.39 is 0 Å². The van der Waals surface area contributed by atoms with Gasteiger partial charge in [-0.15, -0.1) is 11.3 Å². The van der Waals surface area contributed by atoms with Crippen LogP contribution in [0.4, 0.5) is 0 Å². The minimum Gasteiger partial charge on any atom is -0.352 e. The normalized spacial score (nSPS) is 11.1. The van der Waals surface area contributed by atoms with Gasteiger partial charge in [-0.2, -0.15) is 5.10 Å². The molecule has 3 aromatic heterocycles. The van der Waals surface area contributed by atoms with Crippen molar-refractivity contribution in [1.82, 2.24) is 24.6 Å². The van der Waals surface area contributed by atoms with E-state index in [0.29, 0.717) is 23.3 Å². The van der Waals surface area contributed by atoms with Crippen LogP contribution in [0.3, 0.4) is 0 Å². The van der Waals surface area contributed by atoms with Gasteiger partial charge in [-0.3, -0.25) is 18.8 Å². The van der Waals surface area contributed by atoms with Gasteiger partial charge >= 0.3 is 0 Å². The van der Waals surface area contributed by atoms with E-state index in [1.54, 1.807) is 6.20 Å². The Labute approximate surface area is 206 Å². The van der Waals surface area contributed by atoms with Crippen LogP contribution in [0.25, 0.3) is 21.3 Å². The van der Waals surface area contributed by atoms with Gasteiger partial charge in [0.2, 0.25) is 5.91 Å². The SMILES string of the molecule is Cc1ccc(-c2csc3ncn(CCC(=O)NCc4ccc(Cn5cccn5)cc4)c(=O)c23)cc1. The van der Waals surface area contributed by atoms with E-state index in [0.717, 1.165) is 22.3 Å². The Bertz CT molecular complexity index is 1500. The van der Waals surface area contributed by atoms with Crippen molar-refractivity contribution in [2.24, 2.45) is 0 Å². The highest BCUT2D eigenvalue weighted by molar-refractivity contribution is 7.17. The van der Waals surface area contributed by atoms with E-state index in [9.17, 15) is 9.59 Å². The quantitative estimate of drug-likeness (QED) is 0.355. The summed E-state index contributed by atoms with van der Waals surface area (Å²) in [5.41, 5.74) is 5.09. The van der Waals surface area contributed by atoms with Crippen LogP contribution in [0.1, 0.15) is 23.1 Å². The third kappa shape index (κ3) is 5.22. The first kappa shape index (κ1) is 22.7. The average molecular weight is 484 g/mol. The Morgan fingerprint density at radius 3 is 2.57 bits per heavy atom. The molecule has 0 atom stereocenters.